The molecule has 0 amide bonds. The molecule has 0 aliphatic rings. The van der Waals surface area contributed by atoms with Crippen molar-refractivity contribution in [3.63, 3.8) is 0 Å². The molecule has 4 nitrogen and oxygen atoms in total. The second kappa shape index (κ2) is 6.50. The molecule has 2 aromatic heterocycles. The molecule has 0 fully saturated rings. The fraction of sp³-hybridized carbons (Fsp3) is 0.600. The molecule has 1 N–H and O–H groups in total. The van der Waals surface area contributed by atoms with E-state index >= 15 is 0 Å². The van der Waals surface area contributed by atoms with E-state index in [2.05, 4.69) is 42.2 Å². The first kappa shape index (κ1) is 15.2. The lowest BCUT2D eigenvalue weighted by molar-refractivity contribution is 0.492. The molecule has 2 rings (SSSR count). The molecule has 20 heavy (non-hydrogen) atoms. The lowest BCUT2D eigenvalue weighted by Crippen LogP contribution is -2.26. The van der Waals surface area contributed by atoms with Crippen LogP contribution in [0.15, 0.2) is 6.07 Å². The molecule has 1 unspecified atom stereocenters. The van der Waals surface area contributed by atoms with Gasteiger partial charge >= 0.3 is 0 Å². The predicted octanol–water partition coefficient (Wildman–Crippen LogP) is 3.09. The van der Waals surface area contributed by atoms with Gasteiger partial charge in [-0.3, -0.25) is 4.68 Å². The Hall–Kier alpha value is -1.20. The highest BCUT2D eigenvalue weighted by Gasteiger charge is 2.18. The number of aryl methyl sites for hydroxylation is 4. The van der Waals surface area contributed by atoms with Gasteiger partial charge in [0.25, 0.3) is 0 Å². The molecule has 5 heteroatoms. The van der Waals surface area contributed by atoms with Crippen LogP contribution >= 0.6 is 11.3 Å². The number of nitrogens with zero attached hydrogens (tertiary/aromatic N) is 3. The minimum atomic E-state index is 0.283. The largest absolute Gasteiger partial charge is 0.308 e. The average molecular weight is 292 g/mol. The first-order valence-corrected chi connectivity index (χ1v) is 7.99. The number of hydrogen-bond donors (Lipinski definition) is 1. The van der Waals surface area contributed by atoms with Gasteiger partial charge in [-0.1, -0.05) is 6.92 Å². The number of hydrogen-bond acceptors (Lipinski definition) is 4. The normalized spacial score (nSPS) is 12.8. The molecular weight excluding hydrogens is 268 g/mol. The van der Waals surface area contributed by atoms with Gasteiger partial charge in [0.15, 0.2) is 0 Å². The third kappa shape index (κ3) is 3.46. The van der Waals surface area contributed by atoms with Gasteiger partial charge in [0.2, 0.25) is 0 Å². The van der Waals surface area contributed by atoms with Crippen molar-refractivity contribution in [3.8, 4) is 0 Å². The Morgan fingerprint density at radius 2 is 2.10 bits per heavy atom. The Morgan fingerprint density at radius 1 is 1.35 bits per heavy atom. The van der Waals surface area contributed by atoms with Crippen molar-refractivity contribution >= 4 is 11.3 Å². The smallest absolute Gasteiger partial charge is 0.0950 e. The molecule has 2 aromatic rings. The van der Waals surface area contributed by atoms with Crippen molar-refractivity contribution in [2.75, 3.05) is 6.54 Å². The molecule has 0 aliphatic heterocycles. The minimum Gasteiger partial charge on any atom is -0.308 e. The Balaban J connectivity index is 2.21. The maximum Gasteiger partial charge on any atom is 0.0950 e. The number of nitrogens with one attached hydrogen (secondary N) is 1. The molecule has 0 bridgehead atoms. The van der Waals surface area contributed by atoms with Crippen molar-refractivity contribution in [1.82, 2.24) is 20.1 Å². The first-order chi connectivity index (χ1) is 9.51. The molecule has 0 spiro atoms. The van der Waals surface area contributed by atoms with E-state index in [-0.39, 0.29) is 6.04 Å². The summed E-state index contributed by atoms with van der Waals surface area (Å²) >= 11 is 1.80. The summed E-state index contributed by atoms with van der Waals surface area (Å²) in [7, 11) is 2.02. The van der Waals surface area contributed by atoms with Gasteiger partial charge in [-0.15, -0.1) is 11.3 Å². The Labute approximate surface area is 125 Å². The summed E-state index contributed by atoms with van der Waals surface area (Å²) < 4.78 is 1.98. The fourth-order valence-electron chi connectivity index (χ4n) is 2.36. The van der Waals surface area contributed by atoms with Crippen LogP contribution in [0, 0.1) is 20.8 Å². The standard InChI is InChI=1S/C15H24N4S/c1-6-7-16-13(14-8-10(2)18-19(14)5)9-15-17-11(3)12(4)20-15/h8,13,16H,6-7,9H2,1-5H3. The van der Waals surface area contributed by atoms with Gasteiger partial charge in [-0.25, -0.2) is 4.98 Å². The van der Waals surface area contributed by atoms with Crippen LogP contribution in [0.5, 0.6) is 0 Å². The van der Waals surface area contributed by atoms with Gasteiger partial charge in [0.1, 0.15) is 0 Å². The Kier molecular flexibility index (Phi) is 4.94. The van der Waals surface area contributed by atoms with Crippen LogP contribution in [0.1, 0.15) is 46.4 Å². The van der Waals surface area contributed by atoms with Crippen LogP contribution in [-0.2, 0) is 13.5 Å². The summed E-state index contributed by atoms with van der Waals surface area (Å²) in [5, 5.41) is 9.29. The van der Waals surface area contributed by atoms with E-state index in [1.165, 1.54) is 15.6 Å². The van der Waals surface area contributed by atoms with E-state index in [1.807, 2.05) is 18.7 Å². The summed E-state index contributed by atoms with van der Waals surface area (Å²) in [6.07, 6.45) is 2.06. The third-order valence-electron chi connectivity index (χ3n) is 3.49. The van der Waals surface area contributed by atoms with E-state index in [4.69, 9.17) is 0 Å². The SMILES string of the molecule is CCCNC(Cc1nc(C)c(C)s1)c1cc(C)nn1C. The zero-order valence-corrected chi connectivity index (χ0v) is 13.8. The maximum absolute atomic E-state index is 4.67. The van der Waals surface area contributed by atoms with Crippen LogP contribution in [0.3, 0.4) is 0 Å². The quantitative estimate of drug-likeness (QED) is 0.889. The molecular formula is C15H24N4S. The number of rotatable bonds is 6. The predicted molar refractivity (Wildman–Crippen MR) is 84.3 cm³/mol. The van der Waals surface area contributed by atoms with Gasteiger partial charge in [-0.2, -0.15) is 5.10 Å². The van der Waals surface area contributed by atoms with Gasteiger partial charge < -0.3 is 5.32 Å². The molecule has 1 atom stereocenters. The molecule has 110 valence electrons. The van der Waals surface area contributed by atoms with Crippen molar-refractivity contribution < 1.29 is 0 Å². The van der Waals surface area contributed by atoms with Crippen LogP contribution in [0.2, 0.25) is 0 Å². The summed E-state index contributed by atoms with van der Waals surface area (Å²) in [6, 6.07) is 2.45. The average Bonchev–Trinajstić information content (AvgIpc) is 2.88. The zero-order valence-electron chi connectivity index (χ0n) is 13.0. The highest BCUT2D eigenvalue weighted by atomic mass is 32.1. The molecule has 0 aliphatic carbocycles. The second-order valence-corrected chi connectivity index (χ2v) is 6.58. The van der Waals surface area contributed by atoms with Crippen LogP contribution in [0.4, 0.5) is 0 Å². The monoisotopic (exact) mass is 292 g/mol. The topological polar surface area (TPSA) is 42.7 Å². The van der Waals surface area contributed by atoms with E-state index in [9.17, 15) is 0 Å². The highest BCUT2D eigenvalue weighted by Crippen LogP contribution is 2.24. The number of thiazole rings is 1. The molecule has 0 saturated carbocycles. The molecule has 2 heterocycles. The summed E-state index contributed by atoms with van der Waals surface area (Å²) in [5.74, 6) is 0. The molecule has 0 aromatic carbocycles. The van der Waals surface area contributed by atoms with Crippen molar-refractivity contribution in [3.05, 3.63) is 33.0 Å². The van der Waals surface area contributed by atoms with Crippen LogP contribution in [-0.4, -0.2) is 21.3 Å². The molecule has 0 radical (unpaired) electrons. The Morgan fingerprint density at radius 3 is 2.60 bits per heavy atom. The van der Waals surface area contributed by atoms with Gasteiger partial charge in [0.05, 0.1) is 28.1 Å². The summed E-state index contributed by atoms with van der Waals surface area (Å²) in [4.78, 5) is 5.98. The lowest BCUT2D eigenvalue weighted by Gasteiger charge is -2.17. The van der Waals surface area contributed by atoms with Crippen molar-refractivity contribution in [2.45, 2.75) is 46.6 Å². The summed E-state index contributed by atoms with van der Waals surface area (Å²) in [5.41, 5.74) is 3.46. The van der Waals surface area contributed by atoms with Crippen molar-refractivity contribution in [1.29, 1.82) is 0 Å². The lowest BCUT2D eigenvalue weighted by atomic mass is 10.1. The molecule has 0 saturated heterocycles. The fourth-order valence-corrected chi connectivity index (χ4v) is 3.34. The van der Waals surface area contributed by atoms with Gasteiger partial charge in [0, 0.05) is 18.3 Å². The van der Waals surface area contributed by atoms with E-state index in [0.717, 1.165) is 30.8 Å². The van der Waals surface area contributed by atoms with Crippen molar-refractivity contribution in [2.24, 2.45) is 7.05 Å². The second-order valence-electron chi connectivity index (χ2n) is 5.29. The maximum atomic E-state index is 4.67. The summed E-state index contributed by atoms with van der Waals surface area (Å²) in [6.45, 7) is 9.46. The number of aromatic nitrogens is 3. The zero-order chi connectivity index (χ0) is 14.7. The minimum absolute atomic E-state index is 0.283. The Bertz CT molecular complexity index is 551. The van der Waals surface area contributed by atoms with E-state index in [0.29, 0.717) is 0 Å². The van der Waals surface area contributed by atoms with Gasteiger partial charge in [-0.05, 0) is 39.8 Å². The first-order valence-electron chi connectivity index (χ1n) is 7.18. The van der Waals surface area contributed by atoms with E-state index < -0.39 is 0 Å². The third-order valence-corrected chi connectivity index (χ3v) is 4.58. The van der Waals surface area contributed by atoms with Crippen LogP contribution < -0.4 is 5.32 Å². The highest BCUT2D eigenvalue weighted by molar-refractivity contribution is 7.11. The van der Waals surface area contributed by atoms with Crippen LogP contribution in [0.25, 0.3) is 0 Å². The van der Waals surface area contributed by atoms with E-state index in [1.54, 1.807) is 11.3 Å².